The van der Waals surface area contributed by atoms with Crippen LogP contribution in [0, 0.1) is 5.92 Å². The van der Waals surface area contributed by atoms with Gasteiger partial charge in [0.05, 0.1) is 6.10 Å². The van der Waals surface area contributed by atoms with Gasteiger partial charge >= 0.3 is 0 Å². The summed E-state index contributed by atoms with van der Waals surface area (Å²) >= 11 is 0. The normalized spacial score (nSPS) is 24.0. The minimum atomic E-state index is 0. The fourth-order valence-corrected chi connectivity index (χ4v) is 3.29. The van der Waals surface area contributed by atoms with Gasteiger partial charge in [0.1, 0.15) is 0 Å². The van der Waals surface area contributed by atoms with Gasteiger partial charge in [0, 0.05) is 33.3 Å². The van der Waals surface area contributed by atoms with E-state index in [2.05, 4.69) is 22.1 Å². The molecule has 2 aliphatic rings. The third-order valence-corrected chi connectivity index (χ3v) is 4.43. The highest BCUT2D eigenvalue weighted by molar-refractivity contribution is 14.0. The average molecular weight is 409 g/mol. The lowest BCUT2D eigenvalue weighted by atomic mass is 10.0. The van der Waals surface area contributed by atoms with Crippen LogP contribution in [0.5, 0.6) is 0 Å². The van der Waals surface area contributed by atoms with Crippen LogP contribution in [0.15, 0.2) is 4.99 Å². The van der Waals surface area contributed by atoms with Crippen LogP contribution in [0.25, 0.3) is 0 Å². The molecule has 1 aliphatic heterocycles. The number of halogens is 1. The first-order valence-electron chi connectivity index (χ1n) is 8.37. The monoisotopic (exact) mass is 409 g/mol. The lowest BCUT2D eigenvalue weighted by Gasteiger charge is -2.33. The molecule has 1 unspecified atom stereocenters. The second-order valence-corrected chi connectivity index (χ2v) is 6.30. The van der Waals surface area contributed by atoms with E-state index in [0.29, 0.717) is 6.10 Å². The Balaban J connectivity index is 0.00000220. The topological polar surface area (TPSA) is 36.9 Å². The fourth-order valence-electron chi connectivity index (χ4n) is 3.29. The molecule has 2 fully saturated rings. The summed E-state index contributed by atoms with van der Waals surface area (Å²) in [6.45, 7) is 6.45. The van der Waals surface area contributed by atoms with Crippen molar-refractivity contribution >= 4 is 29.9 Å². The Morgan fingerprint density at radius 2 is 2.00 bits per heavy atom. The van der Waals surface area contributed by atoms with E-state index in [1.54, 1.807) is 0 Å². The third-order valence-electron chi connectivity index (χ3n) is 4.43. The van der Waals surface area contributed by atoms with Crippen molar-refractivity contribution in [3.05, 3.63) is 0 Å². The van der Waals surface area contributed by atoms with Crippen molar-refractivity contribution in [2.75, 3.05) is 33.3 Å². The smallest absolute Gasteiger partial charge is 0.193 e. The lowest BCUT2D eigenvalue weighted by molar-refractivity contribution is 0.0573. The number of rotatable bonds is 5. The van der Waals surface area contributed by atoms with Gasteiger partial charge in [-0.15, -0.1) is 24.0 Å². The van der Waals surface area contributed by atoms with Crippen molar-refractivity contribution in [1.29, 1.82) is 0 Å². The molecule has 0 spiro atoms. The molecule has 1 saturated heterocycles. The molecule has 5 heteroatoms. The molecule has 0 aromatic rings. The zero-order chi connectivity index (χ0) is 14.2. The van der Waals surface area contributed by atoms with Gasteiger partial charge in [-0.3, -0.25) is 4.99 Å². The van der Waals surface area contributed by atoms with E-state index in [0.717, 1.165) is 44.5 Å². The van der Waals surface area contributed by atoms with Crippen LogP contribution in [0.4, 0.5) is 0 Å². The highest BCUT2D eigenvalue weighted by Gasteiger charge is 2.19. The predicted molar refractivity (Wildman–Crippen MR) is 99.6 cm³/mol. The molecular weight excluding hydrogens is 377 g/mol. The summed E-state index contributed by atoms with van der Waals surface area (Å²) < 4.78 is 5.89. The maximum atomic E-state index is 5.89. The first-order valence-corrected chi connectivity index (χ1v) is 8.37. The van der Waals surface area contributed by atoms with Crippen LogP contribution < -0.4 is 5.32 Å². The van der Waals surface area contributed by atoms with E-state index in [-0.39, 0.29) is 24.0 Å². The molecule has 124 valence electrons. The summed E-state index contributed by atoms with van der Waals surface area (Å²) in [6.07, 6.45) is 9.47. The molecule has 1 atom stereocenters. The Morgan fingerprint density at radius 1 is 1.24 bits per heavy atom. The number of nitrogens with one attached hydrogen (secondary N) is 1. The Bertz CT molecular complexity index is 306. The largest absolute Gasteiger partial charge is 0.378 e. The molecule has 0 amide bonds. The van der Waals surface area contributed by atoms with Gasteiger partial charge in [-0.1, -0.05) is 19.8 Å². The second kappa shape index (κ2) is 10.6. The van der Waals surface area contributed by atoms with Crippen LogP contribution in [0.3, 0.4) is 0 Å². The molecule has 1 heterocycles. The van der Waals surface area contributed by atoms with Gasteiger partial charge in [-0.05, 0) is 38.0 Å². The maximum absolute atomic E-state index is 5.89. The Morgan fingerprint density at radius 3 is 2.67 bits per heavy atom. The Kier molecular flexibility index (Phi) is 9.64. The molecule has 1 N–H and O–H groups in total. The summed E-state index contributed by atoms with van der Waals surface area (Å²) in [5.74, 6) is 1.85. The molecule has 0 radical (unpaired) electrons. The highest BCUT2D eigenvalue weighted by Crippen LogP contribution is 2.20. The van der Waals surface area contributed by atoms with Gasteiger partial charge in [-0.2, -0.15) is 0 Å². The number of aliphatic imine (C=N–C) groups is 1. The summed E-state index contributed by atoms with van der Waals surface area (Å²) in [5, 5.41) is 3.48. The average Bonchev–Trinajstić information content (AvgIpc) is 2.96. The molecule has 0 aromatic carbocycles. The minimum Gasteiger partial charge on any atom is -0.378 e. The summed E-state index contributed by atoms with van der Waals surface area (Å²) in [4.78, 5) is 6.81. The molecular formula is C16H32IN3O. The predicted octanol–water partition coefficient (Wildman–Crippen LogP) is 3.26. The van der Waals surface area contributed by atoms with Gasteiger partial charge in [0.15, 0.2) is 5.96 Å². The molecule has 2 rings (SSSR count). The van der Waals surface area contributed by atoms with Crippen molar-refractivity contribution in [2.24, 2.45) is 10.9 Å². The standard InChI is InChI=1S/C16H31N3O.HI/c1-14-7-5-11-19(13-14)16(17-2)18-10-6-12-20-15-8-3-4-9-15;/h14-15H,3-13H2,1-2H3,(H,17,18);1H. The van der Waals surface area contributed by atoms with E-state index >= 15 is 0 Å². The molecule has 0 aromatic heterocycles. The first kappa shape index (κ1) is 19.0. The van der Waals surface area contributed by atoms with E-state index < -0.39 is 0 Å². The second-order valence-electron chi connectivity index (χ2n) is 6.30. The van der Waals surface area contributed by atoms with Crippen LogP contribution >= 0.6 is 24.0 Å². The Hall–Kier alpha value is -0.0400. The van der Waals surface area contributed by atoms with Crippen molar-refractivity contribution in [1.82, 2.24) is 10.2 Å². The minimum absolute atomic E-state index is 0. The third kappa shape index (κ3) is 6.72. The molecule has 1 aliphatic carbocycles. The quantitative estimate of drug-likeness (QED) is 0.328. The Labute approximate surface area is 147 Å². The number of hydrogen-bond acceptors (Lipinski definition) is 2. The summed E-state index contributed by atoms with van der Waals surface area (Å²) in [7, 11) is 1.89. The van der Waals surface area contributed by atoms with Gasteiger partial charge in [0.2, 0.25) is 0 Å². The molecule has 4 nitrogen and oxygen atoms in total. The summed E-state index contributed by atoms with van der Waals surface area (Å²) in [6, 6.07) is 0. The molecule has 1 saturated carbocycles. The van der Waals surface area contributed by atoms with Crippen LogP contribution in [0.2, 0.25) is 0 Å². The molecule has 21 heavy (non-hydrogen) atoms. The highest BCUT2D eigenvalue weighted by atomic mass is 127. The zero-order valence-corrected chi connectivity index (χ0v) is 16.0. The van der Waals surface area contributed by atoms with E-state index in [4.69, 9.17) is 4.74 Å². The fraction of sp³-hybridized carbons (Fsp3) is 0.938. The van der Waals surface area contributed by atoms with Crippen LogP contribution in [0.1, 0.15) is 51.9 Å². The zero-order valence-electron chi connectivity index (χ0n) is 13.6. The maximum Gasteiger partial charge on any atom is 0.193 e. The van der Waals surface area contributed by atoms with Crippen LogP contribution in [-0.4, -0.2) is 50.3 Å². The van der Waals surface area contributed by atoms with Gasteiger partial charge < -0.3 is 15.0 Å². The molecule has 0 bridgehead atoms. The number of hydrogen-bond donors (Lipinski definition) is 1. The lowest BCUT2D eigenvalue weighted by Crippen LogP contribution is -2.46. The van der Waals surface area contributed by atoms with Crippen LogP contribution in [-0.2, 0) is 4.74 Å². The van der Waals surface area contributed by atoms with Crippen molar-refractivity contribution in [3.63, 3.8) is 0 Å². The van der Waals surface area contributed by atoms with E-state index in [1.165, 1.54) is 38.5 Å². The van der Waals surface area contributed by atoms with E-state index in [9.17, 15) is 0 Å². The van der Waals surface area contributed by atoms with Crippen molar-refractivity contribution in [2.45, 2.75) is 58.0 Å². The summed E-state index contributed by atoms with van der Waals surface area (Å²) in [5.41, 5.74) is 0. The number of guanidine groups is 1. The van der Waals surface area contributed by atoms with Crippen molar-refractivity contribution < 1.29 is 4.74 Å². The van der Waals surface area contributed by atoms with E-state index in [1.807, 2.05) is 7.05 Å². The number of nitrogens with zero attached hydrogens (tertiary/aromatic N) is 2. The SMILES string of the molecule is CN=C(NCCCOC1CCCC1)N1CCCC(C)C1.I. The van der Waals surface area contributed by atoms with Gasteiger partial charge in [0.25, 0.3) is 0 Å². The van der Waals surface area contributed by atoms with Crippen molar-refractivity contribution in [3.8, 4) is 0 Å². The van der Waals surface area contributed by atoms with Gasteiger partial charge in [-0.25, -0.2) is 0 Å². The number of piperidine rings is 1. The number of likely N-dealkylation sites (tertiary alicyclic amines) is 1. The number of ether oxygens (including phenoxy) is 1. The first-order chi connectivity index (χ1) is 9.79.